The summed E-state index contributed by atoms with van der Waals surface area (Å²) >= 11 is 0. The lowest BCUT2D eigenvalue weighted by molar-refractivity contribution is -0.0770. The van der Waals surface area contributed by atoms with Crippen LogP contribution in [0.1, 0.15) is 57.7 Å². The number of rotatable bonds is 2. The minimum Gasteiger partial charge on any atom is -0.367 e. The third-order valence-electron chi connectivity index (χ3n) is 4.21. The fraction of sp³-hybridized carbons (Fsp3) is 0.846. The Balaban J connectivity index is 1.84. The molecule has 0 radical (unpaired) electrons. The summed E-state index contributed by atoms with van der Waals surface area (Å²) in [5, 5.41) is 7.59. The first-order chi connectivity index (χ1) is 8.62. The normalized spacial score (nSPS) is 37.0. The van der Waals surface area contributed by atoms with Crippen LogP contribution >= 0.6 is 0 Å². The molecule has 2 aliphatic rings. The molecule has 2 saturated heterocycles. The van der Waals surface area contributed by atoms with Crippen LogP contribution in [0.4, 0.5) is 0 Å². The number of nitrogens with one attached hydrogen (secondary N) is 1. The summed E-state index contributed by atoms with van der Waals surface area (Å²) in [6.45, 7) is 5.99. The van der Waals surface area contributed by atoms with E-state index in [-0.39, 0.29) is 11.1 Å². The van der Waals surface area contributed by atoms with E-state index in [0.717, 1.165) is 45.3 Å². The van der Waals surface area contributed by atoms with Crippen LogP contribution in [0.15, 0.2) is 4.52 Å². The van der Waals surface area contributed by atoms with Crippen molar-refractivity contribution in [2.45, 2.75) is 57.1 Å². The third kappa shape index (κ3) is 1.95. The molecule has 2 unspecified atom stereocenters. The molecule has 18 heavy (non-hydrogen) atoms. The van der Waals surface area contributed by atoms with Crippen molar-refractivity contribution >= 4 is 0 Å². The molecule has 2 atom stereocenters. The van der Waals surface area contributed by atoms with Crippen LogP contribution in [0.5, 0.6) is 0 Å². The van der Waals surface area contributed by atoms with Crippen molar-refractivity contribution in [2.75, 3.05) is 13.2 Å². The van der Waals surface area contributed by atoms with Crippen molar-refractivity contribution in [2.24, 2.45) is 0 Å². The van der Waals surface area contributed by atoms with Gasteiger partial charge in [0.2, 0.25) is 11.7 Å². The minimum atomic E-state index is -0.366. The van der Waals surface area contributed by atoms with Crippen LogP contribution in [0.2, 0.25) is 0 Å². The lowest BCUT2D eigenvalue weighted by Crippen LogP contribution is -2.34. The second-order valence-corrected chi connectivity index (χ2v) is 5.82. The zero-order valence-electron chi connectivity index (χ0n) is 11.2. The first-order valence-electron chi connectivity index (χ1n) is 6.86. The average Bonchev–Trinajstić information content (AvgIpc) is 2.99. The fourth-order valence-corrected chi connectivity index (χ4v) is 2.85. The first-order valence-corrected chi connectivity index (χ1v) is 6.86. The maximum atomic E-state index is 5.85. The lowest BCUT2D eigenvalue weighted by Gasteiger charge is -2.30. The van der Waals surface area contributed by atoms with Gasteiger partial charge >= 0.3 is 0 Å². The zero-order valence-corrected chi connectivity index (χ0v) is 11.2. The predicted molar refractivity (Wildman–Crippen MR) is 66.0 cm³/mol. The molecule has 5 nitrogen and oxygen atoms in total. The Hall–Kier alpha value is -0.940. The topological polar surface area (TPSA) is 60.2 Å². The van der Waals surface area contributed by atoms with Gasteiger partial charge in [0.1, 0.15) is 5.60 Å². The molecule has 0 aliphatic carbocycles. The summed E-state index contributed by atoms with van der Waals surface area (Å²) < 4.78 is 11.3. The van der Waals surface area contributed by atoms with Gasteiger partial charge in [-0.25, -0.2) is 0 Å². The molecular formula is C13H21N3O2. The molecule has 100 valence electrons. The molecule has 5 heteroatoms. The Morgan fingerprint density at radius 1 is 1.17 bits per heavy atom. The van der Waals surface area contributed by atoms with Crippen molar-refractivity contribution in [1.29, 1.82) is 0 Å². The monoisotopic (exact) mass is 251 g/mol. The van der Waals surface area contributed by atoms with E-state index in [4.69, 9.17) is 9.26 Å². The fourth-order valence-electron chi connectivity index (χ4n) is 2.85. The lowest BCUT2D eigenvalue weighted by atomic mass is 9.95. The molecule has 3 rings (SSSR count). The molecule has 1 aromatic heterocycles. The maximum absolute atomic E-state index is 5.85. The van der Waals surface area contributed by atoms with Crippen LogP contribution in [0.25, 0.3) is 0 Å². The van der Waals surface area contributed by atoms with E-state index in [1.807, 2.05) is 0 Å². The van der Waals surface area contributed by atoms with E-state index < -0.39 is 0 Å². The maximum Gasteiger partial charge on any atom is 0.246 e. The molecule has 0 spiro atoms. The molecule has 0 amide bonds. The predicted octanol–water partition coefficient (Wildman–Crippen LogP) is 2.08. The van der Waals surface area contributed by atoms with Gasteiger partial charge in [0.05, 0.1) is 5.54 Å². The summed E-state index contributed by atoms with van der Waals surface area (Å²) in [5.41, 5.74) is -0.523. The molecule has 0 bridgehead atoms. The van der Waals surface area contributed by atoms with E-state index in [9.17, 15) is 0 Å². The molecule has 0 aromatic carbocycles. The van der Waals surface area contributed by atoms with Crippen molar-refractivity contribution in [1.82, 2.24) is 15.5 Å². The SMILES string of the molecule is CC1(c2nc(C3(C)CCCCO3)no2)CCCN1. The summed E-state index contributed by atoms with van der Waals surface area (Å²) in [5.74, 6) is 1.40. The second-order valence-electron chi connectivity index (χ2n) is 5.82. The average molecular weight is 251 g/mol. The van der Waals surface area contributed by atoms with Crippen molar-refractivity contribution < 1.29 is 9.26 Å². The molecule has 3 heterocycles. The Morgan fingerprint density at radius 3 is 2.72 bits per heavy atom. The highest BCUT2D eigenvalue weighted by molar-refractivity contribution is 5.08. The Bertz CT molecular complexity index is 418. The molecule has 2 aliphatic heterocycles. The van der Waals surface area contributed by atoms with Crippen LogP contribution in [0, 0.1) is 0 Å². The largest absolute Gasteiger partial charge is 0.367 e. The Kier molecular flexibility index (Phi) is 2.90. The molecule has 0 saturated carbocycles. The summed E-state index contributed by atoms with van der Waals surface area (Å²) in [6, 6.07) is 0. The summed E-state index contributed by atoms with van der Waals surface area (Å²) in [7, 11) is 0. The first kappa shape index (κ1) is 12.1. The highest BCUT2D eigenvalue weighted by atomic mass is 16.5. The van der Waals surface area contributed by atoms with E-state index in [0.29, 0.717) is 11.7 Å². The highest BCUT2D eigenvalue weighted by Gasteiger charge is 2.40. The van der Waals surface area contributed by atoms with Crippen molar-refractivity contribution in [3.63, 3.8) is 0 Å². The van der Waals surface area contributed by atoms with Crippen LogP contribution < -0.4 is 5.32 Å². The molecular weight excluding hydrogens is 230 g/mol. The van der Waals surface area contributed by atoms with Crippen molar-refractivity contribution in [3.05, 3.63) is 11.7 Å². The molecule has 1 N–H and O–H groups in total. The van der Waals surface area contributed by atoms with E-state index >= 15 is 0 Å². The quantitative estimate of drug-likeness (QED) is 0.872. The van der Waals surface area contributed by atoms with Gasteiger partial charge in [-0.3, -0.25) is 0 Å². The van der Waals surface area contributed by atoms with Gasteiger partial charge in [0, 0.05) is 6.61 Å². The van der Waals surface area contributed by atoms with E-state index in [1.54, 1.807) is 0 Å². The van der Waals surface area contributed by atoms with Gasteiger partial charge in [-0.1, -0.05) is 5.16 Å². The molecule has 1 aromatic rings. The number of hydrogen-bond acceptors (Lipinski definition) is 5. The van der Waals surface area contributed by atoms with Gasteiger partial charge in [-0.2, -0.15) is 4.98 Å². The van der Waals surface area contributed by atoms with Crippen LogP contribution in [-0.4, -0.2) is 23.3 Å². The Labute approximate surface area is 107 Å². The van der Waals surface area contributed by atoms with Gasteiger partial charge in [-0.15, -0.1) is 0 Å². The van der Waals surface area contributed by atoms with Crippen LogP contribution in [0.3, 0.4) is 0 Å². The van der Waals surface area contributed by atoms with Crippen LogP contribution in [-0.2, 0) is 15.9 Å². The second kappa shape index (κ2) is 4.31. The molecule has 2 fully saturated rings. The standard InChI is InChI=1S/C13H21N3O2/c1-12(6-5-8-14-12)11-15-10(16-18-11)13(2)7-3-4-9-17-13/h14H,3-9H2,1-2H3. The number of ether oxygens (including phenoxy) is 1. The van der Waals surface area contributed by atoms with E-state index in [2.05, 4.69) is 29.3 Å². The number of nitrogens with zero attached hydrogens (tertiary/aromatic N) is 2. The highest BCUT2D eigenvalue weighted by Crippen LogP contribution is 2.35. The smallest absolute Gasteiger partial charge is 0.246 e. The third-order valence-corrected chi connectivity index (χ3v) is 4.21. The van der Waals surface area contributed by atoms with Gasteiger partial charge < -0.3 is 14.6 Å². The summed E-state index contributed by atoms with van der Waals surface area (Å²) in [6.07, 6.45) is 5.46. The zero-order chi connectivity index (χ0) is 12.6. The van der Waals surface area contributed by atoms with Gasteiger partial charge in [-0.05, 0) is 52.5 Å². The number of hydrogen-bond donors (Lipinski definition) is 1. The van der Waals surface area contributed by atoms with Gasteiger partial charge in [0.15, 0.2) is 0 Å². The summed E-state index contributed by atoms with van der Waals surface area (Å²) in [4.78, 5) is 4.59. The van der Waals surface area contributed by atoms with Crippen molar-refractivity contribution in [3.8, 4) is 0 Å². The van der Waals surface area contributed by atoms with E-state index in [1.165, 1.54) is 0 Å². The number of aromatic nitrogens is 2. The van der Waals surface area contributed by atoms with Gasteiger partial charge in [0.25, 0.3) is 0 Å². The minimum absolute atomic E-state index is 0.156. The Morgan fingerprint density at radius 2 is 2.06 bits per heavy atom.